The minimum atomic E-state index is -0.0105. The Labute approximate surface area is 128 Å². The second-order valence-corrected chi connectivity index (χ2v) is 6.23. The fraction of sp³-hybridized carbons (Fsp3) is 0.235. The summed E-state index contributed by atoms with van der Waals surface area (Å²) < 4.78 is 3.10. The number of benzene rings is 1. The molecule has 0 aliphatic rings. The zero-order valence-corrected chi connectivity index (χ0v) is 13.0. The first-order chi connectivity index (χ1) is 10.2. The summed E-state index contributed by atoms with van der Waals surface area (Å²) in [5, 5.41) is 5.08. The zero-order chi connectivity index (χ0) is 14.8. The number of nitrogens with zero attached hydrogens (tertiary/aromatic N) is 1. The molecule has 0 fully saturated rings. The number of amides is 1. The number of thiophene rings is 1. The number of aryl methyl sites for hydroxylation is 1. The van der Waals surface area contributed by atoms with Crippen molar-refractivity contribution < 1.29 is 4.79 Å². The average Bonchev–Trinajstić information content (AvgIpc) is 3.09. The maximum atomic E-state index is 12.3. The van der Waals surface area contributed by atoms with E-state index in [2.05, 4.69) is 24.4 Å². The smallest absolute Gasteiger partial charge is 0.267 e. The second kappa shape index (κ2) is 5.74. The number of carbonyl (C=O) groups excluding carboxylic acids is 1. The molecule has 108 valence electrons. The Kier molecular flexibility index (Phi) is 3.80. The summed E-state index contributed by atoms with van der Waals surface area (Å²) in [5.74, 6) is 0.292. The molecule has 0 saturated heterocycles. The lowest BCUT2D eigenvalue weighted by Crippen LogP contribution is -2.28. The van der Waals surface area contributed by atoms with Gasteiger partial charge >= 0.3 is 0 Å². The van der Waals surface area contributed by atoms with E-state index in [0.717, 1.165) is 15.9 Å². The highest BCUT2D eigenvalue weighted by atomic mass is 32.1. The molecule has 3 rings (SSSR count). The molecule has 3 aromatic rings. The van der Waals surface area contributed by atoms with Crippen LogP contribution in [-0.4, -0.2) is 17.0 Å². The van der Waals surface area contributed by atoms with Crippen LogP contribution in [0.1, 0.15) is 28.9 Å². The largest absolute Gasteiger partial charge is 0.350 e. The van der Waals surface area contributed by atoms with E-state index in [-0.39, 0.29) is 5.91 Å². The topological polar surface area (TPSA) is 34.0 Å². The summed E-state index contributed by atoms with van der Waals surface area (Å²) in [6.07, 6.45) is 0. The number of aromatic nitrogens is 1. The predicted molar refractivity (Wildman–Crippen MR) is 88.0 cm³/mol. The fourth-order valence-corrected chi connectivity index (χ4v) is 3.35. The molecule has 4 heteroatoms. The molecule has 0 unspecified atom stereocenters. The van der Waals surface area contributed by atoms with Gasteiger partial charge in [-0.25, -0.2) is 0 Å². The van der Waals surface area contributed by atoms with Crippen molar-refractivity contribution in [1.82, 2.24) is 9.88 Å². The van der Waals surface area contributed by atoms with Gasteiger partial charge in [0.2, 0.25) is 0 Å². The quantitative estimate of drug-likeness (QED) is 0.781. The van der Waals surface area contributed by atoms with Crippen molar-refractivity contribution in [3.8, 4) is 0 Å². The SMILES string of the molecule is C[C@H](CNC(=O)c1cc2sccc2n1C)c1ccccc1. The molecule has 0 radical (unpaired) electrons. The predicted octanol–water partition coefficient (Wildman–Crippen LogP) is 3.77. The van der Waals surface area contributed by atoms with Crippen LogP contribution in [0, 0.1) is 0 Å². The lowest BCUT2D eigenvalue weighted by Gasteiger charge is -2.13. The molecule has 1 N–H and O–H groups in total. The third-order valence-electron chi connectivity index (χ3n) is 3.83. The number of rotatable bonds is 4. The van der Waals surface area contributed by atoms with Gasteiger partial charge in [-0.1, -0.05) is 37.3 Å². The average molecular weight is 298 g/mol. The zero-order valence-electron chi connectivity index (χ0n) is 12.2. The van der Waals surface area contributed by atoms with Crippen LogP contribution in [-0.2, 0) is 7.05 Å². The molecule has 0 aliphatic carbocycles. The van der Waals surface area contributed by atoms with Crippen molar-refractivity contribution in [2.75, 3.05) is 6.54 Å². The Hall–Kier alpha value is -2.07. The van der Waals surface area contributed by atoms with Crippen LogP contribution in [0.25, 0.3) is 10.2 Å². The third kappa shape index (κ3) is 2.72. The molecular formula is C17H18N2OS. The summed E-state index contributed by atoms with van der Waals surface area (Å²) in [5.41, 5.74) is 3.07. The van der Waals surface area contributed by atoms with Gasteiger partial charge in [-0.2, -0.15) is 0 Å². The molecule has 21 heavy (non-hydrogen) atoms. The summed E-state index contributed by atoms with van der Waals surface area (Å²) in [7, 11) is 1.94. The highest BCUT2D eigenvalue weighted by Crippen LogP contribution is 2.24. The van der Waals surface area contributed by atoms with E-state index in [1.54, 1.807) is 11.3 Å². The lowest BCUT2D eigenvalue weighted by atomic mass is 10.0. The lowest BCUT2D eigenvalue weighted by molar-refractivity contribution is 0.0944. The van der Waals surface area contributed by atoms with Crippen molar-refractivity contribution in [2.45, 2.75) is 12.8 Å². The Morgan fingerprint density at radius 3 is 2.76 bits per heavy atom. The number of carbonyl (C=O) groups is 1. The number of hydrogen-bond acceptors (Lipinski definition) is 2. The summed E-state index contributed by atoms with van der Waals surface area (Å²) in [6.45, 7) is 2.76. The van der Waals surface area contributed by atoms with Gasteiger partial charge in [-0.3, -0.25) is 4.79 Å². The Balaban J connectivity index is 1.69. The molecule has 1 aromatic carbocycles. The van der Waals surface area contributed by atoms with E-state index >= 15 is 0 Å². The van der Waals surface area contributed by atoms with Crippen LogP contribution in [0.2, 0.25) is 0 Å². The normalized spacial score (nSPS) is 12.5. The molecule has 0 aliphatic heterocycles. The fourth-order valence-electron chi connectivity index (χ4n) is 2.50. The minimum Gasteiger partial charge on any atom is -0.350 e. The van der Waals surface area contributed by atoms with Crippen LogP contribution in [0.3, 0.4) is 0 Å². The van der Waals surface area contributed by atoms with Gasteiger partial charge in [0.15, 0.2) is 0 Å². The molecule has 2 heterocycles. The molecule has 3 nitrogen and oxygen atoms in total. The second-order valence-electron chi connectivity index (χ2n) is 5.28. The summed E-state index contributed by atoms with van der Waals surface area (Å²) in [4.78, 5) is 12.3. The Morgan fingerprint density at radius 1 is 1.29 bits per heavy atom. The summed E-state index contributed by atoms with van der Waals surface area (Å²) in [6, 6.07) is 14.2. The molecule has 0 spiro atoms. The van der Waals surface area contributed by atoms with Crippen molar-refractivity contribution in [3.05, 3.63) is 59.1 Å². The maximum Gasteiger partial charge on any atom is 0.267 e. The molecule has 0 saturated carbocycles. The first-order valence-electron chi connectivity index (χ1n) is 7.03. The molecule has 1 amide bonds. The molecule has 2 aromatic heterocycles. The first-order valence-corrected chi connectivity index (χ1v) is 7.91. The van der Waals surface area contributed by atoms with Gasteiger partial charge in [0.25, 0.3) is 5.91 Å². The molecular weight excluding hydrogens is 280 g/mol. The minimum absolute atomic E-state index is 0.0105. The van der Waals surface area contributed by atoms with E-state index in [1.807, 2.05) is 47.3 Å². The van der Waals surface area contributed by atoms with Crippen molar-refractivity contribution in [1.29, 1.82) is 0 Å². The molecule has 1 atom stereocenters. The first kappa shape index (κ1) is 13.9. The van der Waals surface area contributed by atoms with E-state index in [0.29, 0.717) is 12.5 Å². The Bertz CT molecular complexity index is 758. The van der Waals surface area contributed by atoms with Crippen LogP contribution < -0.4 is 5.32 Å². The van der Waals surface area contributed by atoms with Crippen molar-refractivity contribution >= 4 is 27.5 Å². The van der Waals surface area contributed by atoms with Crippen LogP contribution in [0.4, 0.5) is 0 Å². The van der Waals surface area contributed by atoms with Crippen LogP contribution >= 0.6 is 11.3 Å². The van der Waals surface area contributed by atoms with E-state index in [9.17, 15) is 4.79 Å². The van der Waals surface area contributed by atoms with Crippen molar-refractivity contribution in [2.24, 2.45) is 7.05 Å². The standard InChI is InChI=1S/C17H18N2OS/c1-12(13-6-4-3-5-7-13)11-18-17(20)15-10-16-14(19(15)2)8-9-21-16/h3-10,12H,11H2,1-2H3,(H,18,20)/t12-/m1/s1. The van der Waals surface area contributed by atoms with Crippen LogP contribution in [0.5, 0.6) is 0 Å². The van der Waals surface area contributed by atoms with Gasteiger partial charge in [-0.15, -0.1) is 11.3 Å². The third-order valence-corrected chi connectivity index (χ3v) is 4.69. The van der Waals surface area contributed by atoms with Gasteiger partial charge in [0.1, 0.15) is 5.69 Å². The van der Waals surface area contributed by atoms with Gasteiger partial charge < -0.3 is 9.88 Å². The van der Waals surface area contributed by atoms with E-state index in [1.165, 1.54) is 5.56 Å². The number of fused-ring (bicyclic) bond motifs is 1. The molecule has 0 bridgehead atoms. The van der Waals surface area contributed by atoms with Gasteiger partial charge in [-0.05, 0) is 29.0 Å². The van der Waals surface area contributed by atoms with Gasteiger partial charge in [0.05, 0.1) is 10.2 Å². The van der Waals surface area contributed by atoms with E-state index in [4.69, 9.17) is 0 Å². The van der Waals surface area contributed by atoms with Crippen LogP contribution in [0.15, 0.2) is 47.8 Å². The highest BCUT2D eigenvalue weighted by Gasteiger charge is 2.15. The van der Waals surface area contributed by atoms with Gasteiger partial charge in [0, 0.05) is 13.6 Å². The number of nitrogens with one attached hydrogen (secondary N) is 1. The highest BCUT2D eigenvalue weighted by molar-refractivity contribution is 7.17. The Morgan fingerprint density at radius 2 is 2.05 bits per heavy atom. The number of hydrogen-bond donors (Lipinski definition) is 1. The van der Waals surface area contributed by atoms with Crippen molar-refractivity contribution in [3.63, 3.8) is 0 Å². The van der Waals surface area contributed by atoms with E-state index < -0.39 is 0 Å². The maximum absolute atomic E-state index is 12.3. The monoisotopic (exact) mass is 298 g/mol. The summed E-state index contributed by atoms with van der Waals surface area (Å²) >= 11 is 1.66.